The summed E-state index contributed by atoms with van der Waals surface area (Å²) in [5.74, 6) is 5.89. The van der Waals surface area contributed by atoms with Crippen LogP contribution in [-0.4, -0.2) is 18.5 Å². The van der Waals surface area contributed by atoms with Crippen LogP contribution in [0.3, 0.4) is 0 Å². The minimum absolute atomic E-state index is 0.393. The molecule has 0 aromatic heterocycles. The maximum absolute atomic E-state index is 6.01. The van der Waals surface area contributed by atoms with E-state index in [-0.39, 0.29) is 0 Å². The molecule has 2 rings (SSSR count). The summed E-state index contributed by atoms with van der Waals surface area (Å²) in [6, 6.07) is 16.3. The first-order valence-corrected chi connectivity index (χ1v) is 7.26. The molecule has 0 bridgehead atoms. The van der Waals surface area contributed by atoms with Gasteiger partial charge in [-0.05, 0) is 42.4 Å². The van der Waals surface area contributed by atoms with Crippen molar-refractivity contribution in [3.63, 3.8) is 0 Å². The lowest BCUT2D eigenvalue weighted by Gasteiger charge is -2.17. The van der Waals surface area contributed by atoms with E-state index in [0.717, 1.165) is 23.7 Å². The van der Waals surface area contributed by atoms with E-state index in [0.29, 0.717) is 6.54 Å². The van der Waals surface area contributed by atoms with E-state index in [1.165, 1.54) is 11.1 Å². The molecule has 2 aromatic rings. The van der Waals surface area contributed by atoms with Crippen molar-refractivity contribution in [1.82, 2.24) is 4.90 Å². The van der Waals surface area contributed by atoms with Gasteiger partial charge in [-0.25, -0.2) is 0 Å². The summed E-state index contributed by atoms with van der Waals surface area (Å²) >= 11 is 6.01. The van der Waals surface area contributed by atoms with Gasteiger partial charge in [-0.15, -0.1) is 0 Å². The quantitative estimate of drug-likeness (QED) is 0.878. The Morgan fingerprint density at radius 1 is 1.05 bits per heavy atom. The van der Waals surface area contributed by atoms with Gasteiger partial charge < -0.3 is 5.73 Å². The Labute approximate surface area is 131 Å². The second-order valence-electron chi connectivity index (χ2n) is 5.01. The van der Waals surface area contributed by atoms with Crippen molar-refractivity contribution >= 4 is 11.6 Å². The van der Waals surface area contributed by atoms with Crippen LogP contribution in [0.15, 0.2) is 48.5 Å². The fourth-order valence-electron chi connectivity index (χ4n) is 2.16. The van der Waals surface area contributed by atoms with E-state index in [9.17, 15) is 0 Å². The molecule has 0 saturated heterocycles. The van der Waals surface area contributed by atoms with Gasteiger partial charge in [-0.2, -0.15) is 0 Å². The Morgan fingerprint density at radius 3 is 2.43 bits per heavy atom. The van der Waals surface area contributed by atoms with Crippen molar-refractivity contribution < 1.29 is 0 Å². The summed E-state index contributed by atoms with van der Waals surface area (Å²) in [5.41, 5.74) is 8.85. The van der Waals surface area contributed by atoms with E-state index in [1.54, 1.807) is 0 Å². The van der Waals surface area contributed by atoms with E-state index >= 15 is 0 Å². The highest BCUT2D eigenvalue weighted by atomic mass is 35.5. The molecule has 108 valence electrons. The molecule has 0 spiro atoms. The smallest absolute Gasteiger partial charge is 0.0555 e. The standard InChI is InChI=1S/C18H19ClN2/c1-21(14-17-4-2-6-18(19)12-17)13-16-9-7-15(8-10-16)5-3-11-20/h2,4,6-10,12H,11,13-14,20H2,1H3. The largest absolute Gasteiger partial charge is 0.320 e. The molecule has 0 heterocycles. The van der Waals surface area contributed by atoms with E-state index in [2.05, 4.69) is 42.0 Å². The van der Waals surface area contributed by atoms with Crippen LogP contribution >= 0.6 is 11.6 Å². The van der Waals surface area contributed by atoms with Crippen LogP contribution in [0.1, 0.15) is 16.7 Å². The average Bonchev–Trinajstić information content (AvgIpc) is 2.46. The highest BCUT2D eigenvalue weighted by molar-refractivity contribution is 6.30. The second-order valence-corrected chi connectivity index (χ2v) is 5.44. The molecule has 2 nitrogen and oxygen atoms in total. The summed E-state index contributed by atoms with van der Waals surface area (Å²) in [6.45, 7) is 2.15. The summed E-state index contributed by atoms with van der Waals surface area (Å²) in [4.78, 5) is 2.26. The van der Waals surface area contributed by atoms with Crippen molar-refractivity contribution in [2.75, 3.05) is 13.6 Å². The molecule has 2 N–H and O–H groups in total. The van der Waals surface area contributed by atoms with Gasteiger partial charge in [0, 0.05) is 23.7 Å². The summed E-state index contributed by atoms with van der Waals surface area (Å²) in [6.07, 6.45) is 0. The second kappa shape index (κ2) is 7.85. The minimum Gasteiger partial charge on any atom is -0.320 e. The molecule has 0 aliphatic carbocycles. The Kier molecular flexibility index (Phi) is 5.83. The lowest BCUT2D eigenvalue weighted by atomic mass is 10.1. The summed E-state index contributed by atoms with van der Waals surface area (Å²) < 4.78 is 0. The molecule has 21 heavy (non-hydrogen) atoms. The molecule has 0 aliphatic heterocycles. The first-order chi connectivity index (χ1) is 10.2. The number of halogens is 1. The number of hydrogen-bond donors (Lipinski definition) is 1. The van der Waals surface area contributed by atoms with Crippen LogP contribution in [-0.2, 0) is 13.1 Å². The van der Waals surface area contributed by atoms with E-state index in [4.69, 9.17) is 17.3 Å². The number of hydrogen-bond acceptors (Lipinski definition) is 2. The van der Waals surface area contributed by atoms with Crippen LogP contribution in [0.5, 0.6) is 0 Å². The number of nitrogens with two attached hydrogens (primary N) is 1. The van der Waals surface area contributed by atoms with Gasteiger partial charge in [0.1, 0.15) is 0 Å². The molecule has 0 fully saturated rings. The van der Waals surface area contributed by atoms with Gasteiger partial charge in [0.05, 0.1) is 6.54 Å². The van der Waals surface area contributed by atoms with Crippen LogP contribution in [0.2, 0.25) is 5.02 Å². The van der Waals surface area contributed by atoms with Gasteiger partial charge in [-0.1, -0.05) is 47.7 Å². The fourth-order valence-corrected chi connectivity index (χ4v) is 2.37. The summed E-state index contributed by atoms with van der Waals surface area (Å²) in [7, 11) is 2.10. The van der Waals surface area contributed by atoms with Gasteiger partial charge in [0.15, 0.2) is 0 Å². The molecule has 0 atom stereocenters. The third-order valence-corrected chi connectivity index (χ3v) is 3.32. The predicted octanol–water partition coefficient (Wildman–Crippen LogP) is 3.28. The monoisotopic (exact) mass is 298 g/mol. The van der Waals surface area contributed by atoms with Crippen molar-refractivity contribution in [1.29, 1.82) is 0 Å². The zero-order chi connectivity index (χ0) is 15.1. The number of nitrogens with zero attached hydrogens (tertiary/aromatic N) is 1. The van der Waals surface area contributed by atoms with E-state index in [1.807, 2.05) is 30.3 Å². The van der Waals surface area contributed by atoms with Crippen molar-refractivity contribution in [2.45, 2.75) is 13.1 Å². The van der Waals surface area contributed by atoms with E-state index < -0.39 is 0 Å². The molecule has 0 aliphatic rings. The number of benzene rings is 2. The Hall–Kier alpha value is -1.79. The zero-order valence-electron chi connectivity index (χ0n) is 12.1. The first-order valence-electron chi connectivity index (χ1n) is 6.88. The third-order valence-electron chi connectivity index (χ3n) is 3.08. The van der Waals surface area contributed by atoms with Crippen molar-refractivity contribution in [3.8, 4) is 11.8 Å². The minimum atomic E-state index is 0.393. The molecule has 0 amide bonds. The predicted molar refractivity (Wildman–Crippen MR) is 89.0 cm³/mol. The molecular weight excluding hydrogens is 280 g/mol. The van der Waals surface area contributed by atoms with Gasteiger partial charge in [-0.3, -0.25) is 4.90 Å². The molecule has 3 heteroatoms. The lowest BCUT2D eigenvalue weighted by molar-refractivity contribution is 0.319. The SMILES string of the molecule is CN(Cc1ccc(C#CCN)cc1)Cc1cccc(Cl)c1. The van der Waals surface area contributed by atoms with Gasteiger partial charge in [0.25, 0.3) is 0 Å². The van der Waals surface area contributed by atoms with Gasteiger partial charge in [0.2, 0.25) is 0 Å². The van der Waals surface area contributed by atoms with Gasteiger partial charge >= 0.3 is 0 Å². The number of rotatable bonds is 4. The normalized spacial score (nSPS) is 10.3. The van der Waals surface area contributed by atoms with Crippen molar-refractivity contribution in [2.24, 2.45) is 5.73 Å². The fraction of sp³-hybridized carbons (Fsp3) is 0.222. The summed E-state index contributed by atoms with van der Waals surface area (Å²) in [5, 5.41) is 0.781. The molecule has 0 radical (unpaired) electrons. The zero-order valence-corrected chi connectivity index (χ0v) is 12.9. The molecule has 0 saturated carbocycles. The first kappa shape index (κ1) is 15.6. The molecule has 0 unspecified atom stereocenters. The average molecular weight is 299 g/mol. The maximum Gasteiger partial charge on any atom is 0.0555 e. The van der Waals surface area contributed by atoms with Crippen LogP contribution < -0.4 is 5.73 Å². The van der Waals surface area contributed by atoms with Crippen LogP contribution in [0.25, 0.3) is 0 Å². The topological polar surface area (TPSA) is 29.3 Å². The Morgan fingerprint density at radius 2 is 1.76 bits per heavy atom. The third kappa shape index (κ3) is 5.24. The lowest BCUT2D eigenvalue weighted by Crippen LogP contribution is -2.17. The highest BCUT2D eigenvalue weighted by Crippen LogP contribution is 2.13. The van der Waals surface area contributed by atoms with Crippen LogP contribution in [0.4, 0.5) is 0 Å². The maximum atomic E-state index is 6.01. The molecular formula is C18H19ClN2. The van der Waals surface area contributed by atoms with Crippen LogP contribution in [0, 0.1) is 11.8 Å². The molecule has 2 aromatic carbocycles. The Balaban J connectivity index is 1.94. The van der Waals surface area contributed by atoms with Crippen molar-refractivity contribution in [3.05, 3.63) is 70.2 Å². The Bertz CT molecular complexity index is 638. The highest BCUT2D eigenvalue weighted by Gasteiger charge is 2.02.